The lowest BCUT2D eigenvalue weighted by atomic mass is 9.83. The van der Waals surface area contributed by atoms with Crippen molar-refractivity contribution in [2.75, 3.05) is 75.7 Å². The Morgan fingerprint density at radius 3 is 1.55 bits per heavy atom. The van der Waals surface area contributed by atoms with Crippen LogP contribution >= 0.6 is 0 Å². The molecular formula is C83H139N9O18. The molecule has 1 aromatic rings. The zero-order chi connectivity index (χ0) is 84.3. The number of likely N-dealkylation sites (N-methyl/N-ethyl adjacent to an activating group) is 5. The highest BCUT2D eigenvalue weighted by molar-refractivity contribution is 5.99. The van der Waals surface area contributed by atoms with Crippen LogP contribution in [0.5, 0.6) is 0 Å². The van der Waals surface area contributed by atoms with Crippen molar-refractivity contribution in [3.05, 3.63) is 48.0 Å². The zero-order valence-corrected chi connectivity index (χ0v) is 71.4. The molecule has 1 rings (SSSR count). The third-order valence-electron chi connectivity index (χ3n) is 20.5. The van der Waals surface area contributed by atoms with E-state index < -0.39 is 167 Å². The van der Waals surface area contributed by atoms with Crippen LogP contribution < -0.4 is 16.0 Å². The molecule has 110 heavy (non-hydrogen) atoms. The minimum Gasteiger partial charge on any atom is -0.462 e. The van der Waals surface area contributed by atoms with Crippen molar-refractivity contribution < 1.29 is 86.1 Å². The topological polar surface area (TPSA) is 331 Å². The summed E-state index contributed by atoms with van der Waals surface area (Å²) in [6, 6.07) is 0.713. The number of allylic oxidation sites excluding steroid dienone is 2. The maximum atomic E-state index is 15.1. The molecule has 27 heteroatoms. The Kier molecular flexibility index (Phi) is 45.4. The minimum atomic E-state index is -1.56. The van der Waals surface area contributed by atoms with Crippen LogP contribution in [0, 0.1) is 65.1 Å². The van der Waals surface area contributed by atoms with Crippen molar-refractivity contribution in [1.29, 1.82) is 0 Å². The van der Waals surface area contributed by atoms with E-state index in [1.807, 2.05) is 84.9 Å². The predicted molar refractivity (Wildman–Crippen MR) is 423 cm³/mol. The fourth-order valence-corrected chi connectivity index (χ4v) is 13.3. The maximum Gasteiger partial charge on any atom is 0.409 e. The molecule has 9 amide bonds. The Bertz CT molecular complexity index is 3180. The molecule has 0 aliphatic rings. The lowest BCUT2D eigenvalue weighted by Gasteiger charge is -2.39. The van der Waals surface area contributed by atoms with Gasteiger partial charge in [0.1, 0.15) is 67.1 Å². The monoisotopic (exact) mass is 1550 g/mol. The quantitative estimate of drug-likeness (QED) is 0.0310. The Labute approximate surface area is 657 Å². The largest absolute Gasteiger partial charge is 0.462 e. The third kappa shape index (κ3) is 33.1. The van der Waals surface area contributed by atoms with E-state index in [2.05, 4.69) is 16.0 Å². The van der Waals surface area contributed by atoms with Gasteiger partial charge in [-0.2, -0.15) is 0 Å². The van der Waals surface area contributed by atoms with Gasteiger partial charge in [-0.1, -0.05) is 153 Å². The van der Waals surface area contributed by atoms with E-state index in [0.29, 0.717) is 32.2 Å². The van der Waals surface area contributed by atoms with Gasteiger partial charge in [-0.25, -0.2) is 9.59 Å². The first kappa shape index (κ1) is 99.9. The number of benzene rings is 1. The normalized spacial score (nSPS) is 15.4. The molecule has 0 radical (unpaired) electrons. The molecule has 0 saturated heterocycles. The molecule has 0 aliphatic carbocycles. The van der Waals surface area contributed by atoms with Gasteiger partial charge < -0.3 is 64.3 Å². The van der Waals surface area contributed by atoms with Crippen molar-refractivity contribution in [1.82, 2.24) is 45.3 Å². The van der Waals surface area contributed by atoms with Crippen molar-refractivity contribution in [2.24, 2.45) is 65.1 Å². The highest BCUT2D eigenvalue weighted by Crippen LogP contribution is 2.29. The summed E-state index contributed by atoms with van der Waals surface area (Å²) in [5, 5.41) is 8.53. The van der Waals surface area contributed by atoms with E-state index in [0.717, 1.165) is 10.5 Å². The summed E-state index contributed by atoms with van der Waals surface area (Å²) in [6.45, 7) is 33.3. The number of rotatable bonds is 51. The second kappa shape index (κ2) is 50.0. The van der Waals surface area contributed by atoms with Crippen molar-refractivity contribution in [3.8, 4) is 0 Å². The standard InChI is InChI=1S/C83H139N9O18/c1-27-30-35-55(14)74(110-60(19)94)73(77(100)84-64(29-3)82(105)108-41-40-87(20)59(18)93)92(25)81(104)72(54(12)13)86-76(99)66(43-51(6)7)90(23)79(102)67(44-52(8)9)91(24)78(101)57(16)46-68(95)56(15)45-70(97)65(42-50(4)5)89(22)80(103)71(53(10)11)85-75(98)63(58(17)48-107-26)47-69(96)62(28-2)38-34-39-88(21)83(106)109-49-61-36-32-31-33-37-61/h27,30-33,36-37,50-58,62-67,71-74H,28-29,34-35,38-49H2,1-26H3,(H,84,100)(H,85,98)(H,86,99)/b30-27+/t55-,56-,57+,58-,62-,63+,64+,65+,66+,67+,71+,72+,73+,74-/m1/s1. The van der Waals surface area contributed by atoms with Gasteiger partial charge in [-0.3, -0.25) is 57.5 Å². The molecule has 624 valence electrons. The summed E-state index contributed by atoms with van der Waals surface area (Å²) in [4.78, 5) is 205. The van der Waals surface area contributed by atoms with Crippen LogP contribution in [0.1, 0.15) is 208 Å². The summed E-state index contributed by atoms with van der Waals surface area (Å²) in [7, 11) is 10.4. The summed E-state index contributed by atoms with van der Waals surface area (Å²) in [5.41, 5.74) is 0.856. The second-order valence-corrected chi connectivity index (χ2v) is 32.1. The van der Waals surface area contributed by atoms with Gasteiger partial charge in [0.25, 0.3) is 0 Å². The summed E-state index contributed by atoms with van der Waals surface area (Å²) >= 11 is 0. The molecule has 0 fully saturated rings. The number of amides is 9. The van der Waals surface area contributed by atoms with Crippen LogP contribution in [0.3, 0.4) is 0 Å². The third-order valence-corrected chi connectivity index (χ3v) is 20.5. The van der Waals surface area contributed by atoms with Gasteiger partial charge in [-0.05, 0) is 105 Å². The van der Waals surface area contributed by atoms with Crippen LogP contribution in [0.15, 0.2) is 42.5 Å². The van der Waals surface area contributed by atoms with E-state index >= 15 is 9.59 Å². The van der Waals surface area contributed by atoms with E-state index in [4.69, 9.17) is 18.9 Å². The molecule has 0 aromatic heterocycles. The van der Waals surface area contributed by atoms with Crippen LogP contribution in [-0.4, -0.2) is 236 Å². The number of carbonyl (C=O) groups is 14. The molecular weight excluding hydrogens is 1410 g/mol. The smallest absolute Gasteiger partial charge is 0.409 e. The van der Waals surface area contributed by atoms with E-state index in [9.17, 15) is 57.5 Å². The average Bonchev–Trinajstić information content (AvgIpc) is 0.808. The average molecular weight is 1550 g/mol. The number of hydrogen-bond donors (Lipinski definition) is 3. The number of nitrogens with zero attached hydrogens (tertiary/aromatic N) is 6. The number of ketones is 3. The lowest BCUT2D eigenvalue weighted by Crippen LogP contribution is -2.63. The SMILES string of the molecule is C/C=C/C[C@@H](C)[C@@H](OC(C)=O)[C@@H](C(=O)N[C@@H](CC)C(=O)OCCN(C)C(C)=O)N(C)C(=O)[C@@H](NC(=O)[C@H](CC(C)C)N(C)C(=O)[C@H](CC(C)C)N(C)C(=O)[C@@H](C)CC(=O)[C@H](C)CC(=O)[C@H](CC(C)C)N(C)C(=O)[C@@H](NC(=O)[C@@H](CC(=O)[C@H](CC)CCCN(C)C(=O)OCc1ccccc1)[C@H](C)COC)C(C)C)C(C)C. The van der Waals surface area contributed by atoms with Gasteiger partial charge in [0.15, 0.2) is 5.78 Å². The van der Waals surface area contributed by atoms with E-state index in [1.165, 1.54) is 73.6 Å². The molecule has 0 heterocycles. The van der Waals surface area contributed by atoms with Crippen LogP contribution in [-0.2, 0) is 87.9 Å². The Morgan fingerprint density at radius 2 is 1.04 bits per heavy atom. The van der Waals surface area contributed by atoms with Gasteiger partial charge in [0, 0.05) is 119 Å². The first-order chi connectivity index (χ1) is 51.3. The number of hydrogen-bond acceptors (Lipinski definition) is 18. The molecule has 0 saturated carbocycles. The molecule has 14 atom stereocenters. The molecule has 3 N–H and O–H groups in total. The van der Waals surface area contributed by atoms with Gasteiger partial charge >= 0.3 is 18.0 Å². The number of methoxy groups -OCH3 is 1. The number of nitrogens with one attached hydrogen (secondary N) is 3. The molecule has 0 spiro atoms. The number of ether oxygens (including phenoxy) is 4. The Morgan fingerprint density at radius 1 is 0.518 bits per heavy atom. The van der Waals surface area contributed by atoms with Crippen molar-refractivity contribution >= 4 is 82.6 Å². The zero-order valence-electron chi connectivity index (χ0n) is 71.4. The molecule has 0 bridgehead atoms. The number of carbonyl (C=O) groups excluding carboxylic acids is 14. The number of Topliss-reactive ketones (excluding diaryl/α,β-unsaturated/α-hetero) is 3. The number of esters is 2. The highest BCUT2D eigenvalue weighted by atomic mass is 16.6. The maximum absolute atomic E-state index is 15.1. The van der Waals surface area contributed by atoms with Gasteiger partial charge in [0.2, 0.25) is 47.3 Å². The first-order valence-corrected chi connectivity index (χ1v) is 39.5. The molecule has 27 nitrogen and oxygen atoms in total. The Hall–Kier alpha value is -8.10. The van der Waals surface area contributed by atoms with Crippen LogP contribution in [0.2, 0.25) is 0 Å². The summed E-state index contributed by atoms with van der Waals surface area (Å²) in [6.07, 6.45) is 3.45. The molecule has 0 aliphatic heterocycles. The predicted octanol–water partition coefficient (Wildman–Crippen LogP) is 9.29. The van der Waals surface area contributed by atoms with Gasteiger partial charge in [-0.15, -0.1) is 0 Å². The minimum absolute atomic E-state index is 0.0625. The Balaban J connectivity index is 3.53. The second-order valence-electron chi connectivity index (χ2n) is 32.1. The van der Waals surface area contributed by atoms with Crippen LogP contribution in [0.25, 0.3) is 0 Å². The lowest BCUT2D eigenvalue weighted by molar-refractivity contribution is -0.162. The van der Waals surface area contributed by atoms with Gasteiger partial charge in [0.05, 0.1) is 12.6 Å². The van der Waals surface area contributed by atoms with Crippen molar-refractivity contribution in [2.45, 2.75) is 257 Å². The van der Waals surface area contributed by atoms with E-state index in [1.54, 1.807) is 89.4 Å². The molecule has 1 aromatic carbocycles. The highest BCUT2D eigenvalue weighted by Gasteiger charge is 2.46. The summed E-state index contributed by atoms with van der Waals surface area (Å²) in [5.74, 6) is -13.0. The van der Waals surface area contributed by atoms with Crippen molar-refractivity contribution in [3.63, 3.8) is 0 Å². The summed E-state index contributed by atoms with van der Waals surface area (Å²) < 4.78 is 22.2. The molecule has 0 unspecified atom stereocenters. The fourth-order valence-electron chi connectivity index (χ4n) is 13.3. The first-order valence-electron chi connectivity index (χ1n) is 39.5. The fraction of sp³-hybridized carbons (Fsp3) is 0.735. The van der Waals surface area contributed by atoms with Crippen LogP contribution in [0.4, 0.5) is 4.79 Å². The van der Waals surface area contributed by atoms with E-state index in [-0.39, 0.29) is 101 Å².